The third-order valence-corrected chi connectivity index (χ3v) is 8.20. The molecule has 0 bridgehead atoms. The van der Waals surface area contributed by atoms with Crippen LogP contribution in [0, 0.1) is 0 Å². The summed E-state index contributed by atoms with van der Waals surface area (Å²) in [6.07, 6.45) is 6.20. The number of hydrogen-bond donors (Lipinski definition) is 1. The van der Waals surface area contributed by atoms with Crippen molar-refractivity contribution >= 4 is 33.9 Å². The number of hydrogen-bond acceptors (Lipinski definition) is 6. The number of fused-ring (bicyclic) bond motifs is 2. The van der Waals surface area contributed by atoms with E-state index in [1.807, 2.05) is 41.0 Å². The highest BCUT2D eigenvalue weighted by molar-refractivity contribution is 7.16. The summed E-state index contributed by atoms with van der Waals surface area (Å²) in [5.41, 5.74) is 3.96. The van der Waals surface area contributed by atoms with E-state index in [1.165, 1.54) is 11.1 Å². The number of aryl methyl sites for hydroxylation is 1. The van der Waals surface area contributed by atoms with Crippen LogP contribution in [-0.2, 0) is 17.9 Å². The van der Waals surface area contributed by atoms with E-state index in [2.05, 4.69) is 11.2 Å². The van der Waals surface area contributed by atoms with Crippen molar-refractivity contribution in [1.82, 2.24) is 4.57 Å². The molecule has 0 aliphatic heterocycles. The molecular formula is C29H26N2O5S. The van der Waals surface area contributed by atoms with Crippen molar-refractivity contribution in [3.05, 3.63) is 86.5 Å². The number of rotatable bonds is 7. The van der Waals surface area contributed by atoms with E-state index in [1.54, 1.807) is 24.5 Å². The number of ether oxygens (including phenoxy) is 1. The minimum absolute atomic E-state index is 0.169. The summed E-state index contributed by atoms with van der Waals surface area (Å²) in [5, 5.41) is 14.5. The standard InChI is InChI=1S/C29H26N2O5S/c1-35-28-19(12-13-20-26(28)31(18-10-11-18)15-22(27(20)32)29(33)34)25-14-21-23(8-5-9-24(21)37-25)30-36-16-17-6-3-2-4-7-17/h2-4,6-7,12-15,18H,5,8-11,16H2,1H3,(H,33,34)/b30-23-. The first-order chi connectivity index (χ1) is 18.0. The lowest BCUT2D eigenvalue weighted by Gasteiger charge is -2.17. The Morgan fingerprint density at radius 2 is 1.95 bits per heavy atom. The van der Waals surface area contributed by atoms with E-state index in [0.717, 1.165) is 59.4 Å². The fourth-order valence-corrected chi connectivity index (χ4v) is 6.25. The molecule has 1 fully saturated rings. The molecular weight excluding hydrogens is 488 g/mol. The van der Waals surface area contributed by atoms with Crippen LogP contribution in [-0.4, -0.2) is 28.5 Å². The summed E-state index contributed by atoms with van der Waals surface area (Å²) in [4.78, 5) is 32.7. The Bertz CT molecular complexity index is 1600. The summed E-state index contributed by atoms with van der Waals surface area (Å²) in [5.74, 6) is -0.618. The molecule has 2 aliphatic rings. The number of methoxy groups -OCH3 is 1. The maximum Gasteiger partial charge on any atom is 0.341 e. The van der Waals surface area contributed by atoms with Crippen molar-refractivity contribution in [2.45, 2.75) is 44.8 Å². The van der Waals surface area contributed by atoms with E-state index in [9.17, 15) is 14.7 Å². The van der Waals surface area contributed by atoms with Crippen LogP contribution < -0.4 is 10.2 Å². The second kappa shape index (κ2) is 9.52. The lowest BCUT2D eigenvalue weighted by molar-refractivity contribution is 0.0695. The second-order valence-corrected chi connectivity index (χ2v) is 10.6. The zero-order valence-corrected chi connectivity index (χ0v) is 21.2. The van der Waals surface area contributed by atoms with E-state index in [0.29, 0.717) is 23.3 Å². The summed E-state index contributed by atoms with van der Waals surface area (Å²) < 4.78 is 7.82. The van der Waals surface area contributed by atoms with Crippen LogP contribution in [0.3, 0.4) is 0 Å². The number of benzene rings is 2. The fraction of sp³-hybridized carbons (Fsp3) is 0.276. The Hall–Kier alpha value is -3.91. The highest BCUT2D eigenvalue weighted by Crippen LogP contribution is 2.45. The maximum atomic E-state index is 13.0. The van der Waals surface area contributed by atoms with E-state index in [4.69, 9.17) is 9.57 Å². The number of pyridine rings is 1. The number of oxime groups is 1. The monoisotopic (exact) mass is 514 g/mol. The molecule has 8 heteroatoms. The normalized spacial score (nSPS) is 16.1. The summed E-state index contributed by atoms with van der Waals surface area (Å²) in [6.45, 7) is 0.423. The average Bonchev–Trinajstić information content (AvgIpc) is 3.66. The number of carboxylic acids is 1. The molecule has 2 aromatic carbocycles. The van der Waals surface area contributed by atoms with Crippen molar-refractivity contribution in [3.63, 3.8) is 0 Å². The molecule has 2 heterocycles. The van der Waals surface area contributed by atoms with Gasteiger partial charge in [0.2, 0.25) is 5.43 Å². The molecule has 0 saturated heterocycles. The van der Waals surface area contributed by atoms with E-state index >= 15 is 0 Å². The van der Waals surface area contributed by atoms with Crippen molar-refractivity contribution in [2.24, 2.45) is 5.16 Å². The van der Waals surface area contributed by atoms with Crippen LogP contribution in [0.2, 0.25) is 0 Å². The van der Waals surface area contributed by atoms with Gasteiger partial charge in [-0.1, -0.05) is 35.5 Å². The van der Waals surface area contributed by atoms with Crippen molar-refractivity contribution in [3.8, 4) is 16.2 Å². The fourth-order valence-electron chi connectivity index (χ4n) is 5.01. The van der Waals surface area contributed by atoms with Gasteiger partial charge in [0.05, 0.1) is 23.7 Å². The van der Waals surface area contributed by atoms with Crippen LogP contribution in [0.1, 0.15) is 58.1 Å². The van der Waals surface area contributed by atoms with E-state index < -0.39 is 11.4 Å². The van der Waals surface area contributed by atoms with Gasteiger partial charge in [0.25, 0.3) is 0 Å². The first kappa shape index (κ1) is 23.5. The van der Waals surface area contributed by atoms with Crippen LogP contribution in [0.15, 0.2) is 64.7 Å². The Morgan fingerprint density at radius 1 is 1.14 bits per heavy atom. The van der Waals surface area contributed by atoms with E-state index in [-0.39, 0.29) is 11.6 Å². The van der Waals surface area contributed by atoms with Gasteiger partial charge in [-0.05, 0) is 55.9 Å². The molecule has 1 N–H and O–H groups in total. The first-order valence-corrected chi connectivity index (χ1v) is 13.2. The quantitative estimate of drug-likeness (QED) is 0.304. The predicted molar refractivity (Wildman–Crippen MR) is 144 cm³/mol. The second-order valence-electron chi connectivity index (χ2n) is 9.46. The summed E-state index contributed by atoms with van der Waals surface area (Å²) in [7, 11) is 1.60. The van der Waals surface area contributed by atoms with Gasteiger partial charge < -0.3 is 19.2 Å². The Morgan fingerprint density at radius 3 is 2.68 bits per heavy atom. The Labute approximate surface area is 217 Å². The largest absolute Gasteiger partial charge is 0.494 e. The van der Waals surface area contributed by atoms with Gasteiger partial charge in [-0.3, -0.25) is 4.79 Å². The third-order valence-electron chi connectivity index (χ3n) is 6.97. The summed E-state index contributed by atoms with van der Waals surface area (Å²) >= 11 is 1.70. The number of nitrogens with zero attached hydrogens (tertiary/aromatic N) is 2. The maximum absolute atomic E-state index is 13.0. The number of carboxylic acid groups (broad SMARTS) is 1. The molecule has 1 saturated carbocycles. The molecule has 0 spiro atoms. The molecule has 188 valence electrons. The topological polar surface area (TPSA) is 90.1 Å². The zero-order valence-electron chi connectivity index (χ0n) is 20.4. The highest BCUT2D eigenvalue weighted by atomic mass is 32.1. The van der Waals surface area contributed by atoms with Crippen molar-refractivity contribution < 1.29 is 19.5 Å². The van der Waals surface area contributed by atoms with Crippen molar-refractivity contribution in [2.75, 3.05) is 7.11 Å². The molecule has 2 aromatic heterocycles. The zero-order chi connectivity index (χ0) is 25.5. The number of aromatic nitrogens is 1. The minimum Gasteiger partial charge on any atom is -0.494 e. The number of aromatic carboxylic acids is 1. The lowest BCUT2D eigenvalue weighted by Crippen LogP contribution is -2.19. The summed E-state index contributed by atoms with van der Waals surface area (Å²) in [6, 6.07) is 15.9. The van der Waals surface area contributed by atoms with Gasteiger partial charge in [0.15, 0.2) is 5.75 Å². The highest BCUT2D eigenvalue weighted by Gasteiger charge is 2.30. The molecule has 0 amide bonds. The Kier molecular flexibility index (Phi) is 6.04. The van der Waals surface area contributed by atoms with Gasteiger partial charge in [0.1, 0.15) is 12.2 Å². The SMILES string of the molecule is COc1c(-c2cc3c(s2)CCC/C3=N/OCc2ccccc2)ccc2c(=O)c(C(=O)O)cn(C3CC3)c12. The van der Waals surface area contributed by atoms with Crippen LogP contribution >= 0.6 is 11.3 Å². The molecule has 37 heavy (non-hydrogen) atoms. The average molecular weight is 515 g/mol. The smallest absolute Gasteiger partial charge is 0.341 e. The van der Waals surface area contributed by atoms with Gasteiger partial charge in [0, 0.05) is 33.1 Å². The van der Waals surface area contributed by atoms with Gasteiger partial charge in [-0.25, -0.2) is 4.79 Å². The molecule has 0 radical (unpaired) electrons. The number of thiophene rings is 1. The van der Waals surface area contributed by atoms with Gasteiger partial charge >= 0.3 is 5.97 Å². The predicted octanol–water partition coefficient (Wildman–Crippen LogP) is 6.03. The van der Waals surface area contributed by atoms with Crippen LogP contribution in [0.5, 0.6) is 5.75 Å². The van der Waals surface area contributed by atoms with Crippen LogP contribution in [0.4, 0.5) is 0 Å². The number of carbonyl (C=O) groups is 1. The Balaban J connectivity index is 1.42. The first-order valence-electron chi connectivity index (χ1n) is 12.4. The molecule has 2 aliphatic carbocycles. The molecule has 0 atom stereocenters. The molecule has 7 nitrogen and oxygen atoms in total. The van der Waals surface area contributed by atoms with Crippen molar-refractivity contribution in [1.29, 1.82) is 0 Å². The van der Waals surface area contributed by atoms with Crippen LogP contribution in [0.25, 0.3) is 21.3 Å². The van der Waals surface area contributed by atoms with Gasteiger partial charge in [-0.2, -0.15) is 0 Å². The minimum atomic E-state index is -1.21. The van der Waals surface area contributed by atoms with Gasteiger partial charge in [-0.15, -0.1) is 11.3 Å². The lowest BCUT2D eigenvalue weighted by atomic mass is 9.96. The molecule has 6 rings (SSSR count). The third kappa shape index (κ3) is 4.31. The molecule has 0 unspecified atom stereocenters. The molecule has 4 aromatic rings.